The number of anilines is 1. The molecule has 1 aromatic heterocycles. The molecule has 1 heterocycles. The van der Waals surface area contributed by atoms with Gasteiger partial charge in [-0.3, -0.25) is 0 Å². The Labute approximate surface area is 103 Å². The molecule has 0 aliphatic rings. The minimum atomic E-state index is -3.50. The van der Waals surface area contributed by atoms with Crippen molar-refractivity contribution in [2.45, 2.75) is 31.1 Å². The Hall–Kier alpha value is -1.14. The number of nitrogen functional groups attached to an aromatic ring is 1. The molecule has 0 saturated carbocycles. The van der Waals surface area contributed by atoms with Crippen molar-refractivity contribution in [1.29, 1.82) is 0 Å². The lowest BCUT2D eigenvalue weighted by atomic mass is 10.2. The zero-order chi connectivity index (χ0) is 12.9. The van der Waals surface area contributed by atoms with Gasteiger partial charge in [0.15, 0.2) is 0 Å². The standard InChI is InChI=1S/C11H19N3O2S/c1-3-4-5-9-14(2)17(15,16)10-7-6-8-13-11(10)12/h6-8H,3-5,9H2,1-2H3,(H2,12,13). The summed E-state index contributed by atoms with van der Waals surface area (Å²) in [4.78, 5) is 3.88. The fraction of sp³-hybridized carbons (Fsp3) is 0.545. The summed E-state index contributed by atoms with van der Waals surface area (Å²) < 4.78 is 25.6. The maximum Gasteiger partial charge on any atom is 0.246 e. The second kappa shape index (κ2) is 5.97. The van der Waals surface area contributed by atoms with Crippen molar-refractivity contribution in [3.8, 4) is 0 Å². The lowest BCUT2D eigenvalue weighted by molar-refractivity contribution is 0.454. The maximum atomic E-state index is 12.2. The first kappa shape index (κ1) is 13.9. The zero-order valence-corrected chi connectivity index (χ0v) is 11.1. The highest BCUT2D eigenvalue weighted by atomic mass is 32.2. The lowest BCUT2D eigenvalue weighted by Crippen LogP contribution is -2.28. The van der Waals surface area contributed by atoms with Crippen LogP contribution in [0.2, 0.25) is 0 Å². The van der Waals surface area contributed by atoms with Gasteiger partial charge in [-0.05, 0) is 18.6 Å². The highest BCUT2D eigenvalue weighted by molar-refractivity contribution is 7.89. The van der Waals surface area contributed by atoms with Crippen LogP contribution in [0.4, 0.5) is 5.82 Å². The minimum Gasteiger partial charge on any atom is -0.383 e. The number of hydrogen-bond donors (Lipinski definition) is 1. The van der Waals surface area contributed by atoms with Gasteiger partial charge >= 0.3 is 0 Å². The third-order valence-corrected chi connectivity index (χ3v) is 4.47. The van der Waals surface area contributed by atoms with Crippen LogP contribution in [0.1, 0.15) is 26.2 Å². The third kappa shape index (κ3) is 3.41. The molecular formula is C11H19N3O2S. The van der Waals surface area contributed by atoms with Gasteiger partial charge in [0, 0.05) is 19.8 Å². The molecular weight excluding hydrogens is 238 g/mol. The van der Waals surface area contributed by atoms with Crippen LogP contribution in [0.25, 0.3) is 0 Å². The van der Waals surface area contributed by atoms with Crippen molar-refractivity contribution >= 4 is 15.8 Å². The Morgan fingerprint density at radius 1 is 1.41 bits per heavy atom. The summed E-state index contributed by atoms with van der Waals surface area (Å²) in [5, 5.41) is 0. The average Bonchev–Trinajstić information content (AvgIpc) is 2.29. The topological polar surface area (TPSA) is 76.3 Å². The summed E-state index contributed by atoms with van der Waals surface area (Å²) in [5.41, 5.74) is 5.58. The number of sulfonamides is 1. The van der Waals surface area contributed by atoms with Crippen LogP contribution in [0.15, 0.2) is 23.2 Å². The number of nitrogens with two attached hydrogens (primary N) is 1. The Kier molecular flexibility index (Phi) is 4.89. The van der Waals surface area contributed by atoms with E-state index in [4.69, 9.17) is 5.73 Å². The summed E-state index contributed by atoms with van der Waals surface area (Å²) in [7, 11) is -1.94. The number of hydrogen-bond acceptors (Lipinski definition) is 4. The summed E-state index contributed by atoms with van der Waals surface area (Å²) in [5.74, 6) is 0.0508. The largest absolute Gasteiger partial charge is 0.383 e. The van der Waals surface area contributed by atoms with Gasteiger partial charge in [0.1, 0.15) is 10.7 Å². The molecule has 17 heavy (non-hydrogen) atoms. The highest BCUT2D eigenvalue weighted by Crippen LogP contribution is 2.19. The van der Waals surface area contributed by atoms with E-state index in [-0.39, 0.29) is 10.7 Å². The number of pyridine rings is 1. The Bertz CT molecular complexity index is 460. The van der Waals surface area contributed by atoms with Crippen molar-refractivity contribution in [2.75, 3.05) is 19.3 Å². The molecule has 1 aromatic rings. The van der Waals surface area contributed by atoms with E-state index in [1.807, 2.05) is 0 Å². The molecule has 0 bridgehead atoms. The molecule has 0 aliphatic carbocycles. The second-order valence-corrected chi connectivity index (χ2v) is 5.93. The highest BCUT2D eigenvalue weighted by Gasteiger charge is 2.22. The molecule has 0 atom stereocenters. The first-order valence-corrected chi connectivity index (χ1v) is 7.11. The van der Waals surface area contributed by atoms with E-state index in [1.54, 1.807) is 13.1 Å². The fourth-order valence-corrected chi connectivity index (χ4v) is 2.77. The van der Waals surface area contributed by atoms with Crippen molar-refractivity contribution in [1.82, 2.24) is 9.29 Å². The molecule has 0 spiro atoms. The molecule has 0 radical (unpaired) electrons. The first-order valence-electron chi connectivity index (χ1n) is 5.67. The molecule has 0 unspecified atom stereocenters. The van der Waals surface area contributed by atoms with E-state index >= 15 is 0 Å². The van der Waals surface area contributed by atoms with Crippen LogP contribution in [-0.2, 0) is 10.0 Å². The number of aromatic nitrogens is 1. The van der Waals surface area contributed by atoms with E-state index in [0.29, 0.717) is 6.54 Å². The number of rotatable bonds is 6. The number of nitrogens with zero attached hydrogens (tertiary/aromatic N) is 2. The van der Waals surface area contributed by atoms with E-state index in [2.05, 4.69) is 11.9 Å². The van der Waals surface area contributed by atoms with E-state index in [0.717, 1.165) is 19.3 Å². The van der Waals surface area contributed by atoms with Gasteiger partial charge in [-0.1, -0.05) is 19.8 Å². The summed E-state index contributed by atoms with van der Waals surface area (Å²) in [6, 6.07) is 3.05. The SMILES string of the molecule is CCCCCN(C)S(=O)(=O)c1cccnc1N. The molecule has 6 heteroatoms. The molecule has 96 valence electrons. The first-order chi connectivity index (χ1) is 8.00. The van der Waals surface area contributed by atoms with Gasteiger partial charge in [-0.25, -0.2) is 17.7 Å². The van der Waals surface area contributed by atoms with Crippen molar-refractivity contribution in [3.05, 3.63) is 18.3 Å². The van der Waals surface area contributed by atoms with E-state index in [1.165, 1.54) is 16.6 Å². The molecule has 0 fully saturated rings. The van der Waals surface area contributed by atoms with Crippen LogP contribution in [0.3, 0.4) is 0 Å². The Morgan fingerprint density at radius 3 is 2.71 bits per heavy atom. The molecule has 2 N–H and O–H groups in total. The van der Waals surface area contributed by atoms with Crippen molar-refractivity contribution < 1.29 is 8.42 Å². The van der Waals surface area contributed by atoms with E-state index in [9.17, 15) is 8.42 Å². The van der Waals surface area contributed by atoms with Crippen LogP contribution in [0.5, 0.6) is 0 Å². The molecule has 0 aliphatic heterocycles. The normalized spacial score (nSPS) is 11.9. The average molecular weight is 257 g/mol. The van der Waals surface area contributed by atoms with Gasteiger partial charge in [0.25, 0.3) is 0 Å². The minimum absolute atomic E-state index is 0.0508. The van der Waals surface area contributed by atoms with Gasteiger partial charge in [-0.2, -0.15) is 0 Å². The molecule has 0 aromatic carbocycles. The molecule has 5 nitrogen and oxygen atoms in total. The monoisotopic (exact) mass is 257 g/mol. The van der Waals surface area contributed by atoms with Gasteiger partial charge in [0.05, 0.1) is 0 Å². The lowest BCUT2D eigenvalue weighted by Gasteiger charge is -2.17. The maximum absolute atomic E-state index is 12.2. The summed E-state index contributed by atoms with van der Waals surface area (Å²) >= 11 is 0. The summed E-state index contributed by atoms with van der Waals surface area (Å²) in [6.45, 7) is 2.58. The van der Waals surface area contributed by atoms with Crippen molar-refractivity contribution in [3.63, 3.8) is 0 Å². The van der Waals surface area contributed by atoms with Crippen LogP contribution in [0, 0.1) is 0 Å². The van der Waals surface area contributed by atoms with Crippen LogP contribution >= 0.6 is 0 Å². The van der Waals surface area contributed by atoms with Crippen LogP contribution in [-0.4, -0.2) is 31.3 Å². The number of unbranched alkanes of at least 4 members (excludes halogenated alkanes) is 2. The zero-order valence-electron chi connectivity index (χ0n) is 10.3. The molecule has 1 rings (SSSR count). The van der Waals surface area contributed by atoms with Gasteiger partial charge in [-0.15, -0.1) is 0 Å². The smallest absolute Gasteiger partial charge is 0.246 e. The molecule has 0 amide bonds. The van der Waals surface area contributed by atoms with Crippen LogP contribution < -0.4 is 5.73 Å². The van der Waals surface area contributed by atoms with Gasteiger partial charge in [0.2, 0.25) is 10.0 Å². The van der Waals surface area contributed by atoms with E-state index < -0.39 is 10.0 Å². The third-order valence-electron chi connectivity index (χ3n) is 2.56. The van der Waals surface area contributed by atoms with Crippen molar-refractivity contribution in [2.24, 2.45) is 0 Å². The van der Waals surface area contributed by atoms with Gasteiger partial charge < -0.3 is 5.73 Å². The molecule has 0 saturated heterocycles. The fourth-order valence-electron chi connectivity index (χ4n) is 1.49. The summed E-state index contributed by atoms with van der Waals surface area (Å²) in [6.07, 6.45) is 4.41. The second-order valence-electron chi connectivity index (χ2n) is 3.92. The Balaban J connectivity index is 2.85. The quantitative estimate of drug-likeness (QED) is 0.783. The predicted molar refractivity (Wildman–Crippen MR) is 68.0 cm³/mol. The Morgan fingerprint density at radius 2 is 2.12 bits per heavy atom. The predicted octanol–water partition coefficient (Wildman–Crippen LogP) is 1.47.